The Labute approximate surface area is 119 Å². The van der Waals surface area contributed by atoms with Crippen LogP contribution in [0.4, 0.5) is 5.69 Å². The lowest BCUT2D eigenvalue weighted by Crippen LogP contribution is -2.18. The minimum Gasteiger partial charge on any atom is -0.323 e. The van der Waals surface area contributed by atoms with Crippen molar-refractivity contribution in [3.05, 3.63) is 52.7 Å². The van der Waals surface area contributed by atoms with Crippen LogP contribution in [0.25, 0.3) is 10.8 Å². The first-order valence-electron chi connectivity index (χ1n) is 6.38. The molecule has 3 rings (SSSR count). The second-order valence-corrected chi connectivity index (χ2v) is 4.67. The van der Waals surface area contributed by atoms with E-state index in [-0.39, 0.29) is 17.9 Å². The summed E-state index contributed by atoms with van der Waals surface area (Å²) >= 11 is 0. The molecule has 0 radical (unpaired) electrons. The van der Waals surface area contributed by atoms with Gasteiger partial charge in [0.2, 0.25) is 5.91 Å². The second kappa shape index (κ2) is 5.20. The highest BCUT2D eigenvalue weighted by Gasteiger charge is 2.11. The van der Waals surface area contributed by atoms with Crippen molar-refractivity contribution in [2.75, 3.05) is 5.32 Å². The Morgan fingerprint density at radius 1 is 1.33 bits per heavy atom. The molecule has 1 aromatic carbocycles. The van der Waals surface area contributed by atoms with E-state index in [2.05, 4.69) is 20.6 Å². The van der Waals surface area contributed by atoms with Gasteiger partial charge in [-0.15, -0.1) is 0 Å². The molecular formula is C14H13N5O2. The molecule has 3 aromatic rings. The number of nitrogens with zero attached hydrogens (tertiary/aromatic N) is 3. The van der Waals surface area contributed by atoms with Gasteiger partial charge in [-0.1, -0.05) is 18.2 Å². The van der Waals surface area contributed by atoms with Gasteiger partial charge in [-0.25, -0.2) is 5.10 Å². The van der Waals surface area contributed by atoms with Crippen LogP contribution in [0.15, 0.2) is 41.5 Å². The van der Waals surface area contributed by atoms with Gasteiger partial charge in [0.15, 0.2) is 0 Å². The third-order valence-electron chi connectivity index (χ3n) is 3.09. The van der Waals surface area contributed by atoms with E-state index >= 15 is 0 Å². The first-order valence-corrected chi connectivity index (χ1v) is 6.38. The summed E-state index contributed by atoms with van der Waals surface area (Å²) in [6.45, 7) is 0. The zero-order valence-corrected chi connectivity index (χ0v) is 11.3. The number of H-pyrrole nitrogens is 1. The van der Waals surface area contributed by atoms with Crippen molar-refractivity contribution in [2.45, 2.75) is 6.42 Å². The maximum atomic E-state index is 12.0. The summed E-state index contributed by atoms with van der Waals surface area (Å²) in [6, 6.07) is 7.08. The summed E-state index contributed by atoms with van der Waals surface area (Å²) < 4.78 is 1.60. The zero-order valence-electron chi connectivity index (χ0n) is 11.3. The Morgan fingerprint density at radius 3 is 2.81 bits per heavy atom. The summed E-state index contributed by atoms with van der Waals surface area (Å²) in [5.41, 5.74) is 0.893. The van der Waals surface area contributed by atoms with Crippen molar-refractivity contribution >= 4 is 22.4 Å². The molecule has 0 aliphatic carbocycles. The van der Waals surface area contributed by atoms with E-state index < -0.39 is 0 Å². The highest BCUT2D eigenvalue weighted by atomic mass is 16.1. The molecule has 0 fully saturated rings. The van der Waals surface area contributed by atoms with E-state index in [1.165, 1.54) is 0 Å². The number of rotatable bonds is 3. The molecule has 2 aromatic heterocycles. The van der Waals surface area contributed by atoms with E-state index in [0.29, 0.717) is 22.2 Å². The molecule has 7 heteroatoms. The van der Waals surface area contributed by atoms with Crippen LogP contribution in [0.5, 0.6) is 0 Å². The number of anilines is 1. The first kappa shape index (κ1) is 13.0. The van der Waals surface area contributed by atoms with Gasteiger partial charge in [0.25, 0.3) is 5.56 Å². The Hall–Kier alpha value is -2.96. The largest absolute Gasteiger partial charge is 0.323 e. The molecule has 106 valence electrons. The normalized spacial score (nSPS) is 10.7. The number of hydrogen-bond acceptors (Lipinski definition) is 4. The number of carbonyl (C=O) groups excluding carboxylic acids is 1. The smallest absolute Gasteiger partial charge is 0.272 e. The van der Waals surface area contributed by atoms with Crippen molar-refractivity contribution in [3.8, 4) is 0 Å². The van der Waals surface area contributed by atoms with Gasteiger partial charge in [-0.3, -0.25) is 14.3 Å². The van der Waals surface area contributed by atoms with Gasteiger partial charge in [0.05, 0.1) is 29.4 Å². The summed E-state index contributed by atoms with van der Waals surface area (Å²) in [6.07, 6.45) is 3.35. The van der Waals surface area contributed by atoms with Crippen LogP contribution in [-0.2, 0) is 18.3 Å². The number of aromatic amines is 1. The van der Waals surface area contributed by atoms with Crippen molar-refractivity contribution in [3.63, 3.8) is 0 Å². The maximum Gasteiger partial charge on any atom is 0.272 e. The molecule has 0 spiro atoms. The molecule has 2 N–H and O–H groups in total. The summed E-state index contributed by atoms with van der Waals surface area (Å²) in [5, 5.41) is 14.3. The molecule has 0 saturated heterocycles. The highest BCUT2D eigenvalue weighted by Crippen LogP contribution is 2.13. The van der Waals surface area contributed by atoms with E-state index in [4.69, 9.17) is 0 Å². The van der Waals surface area contributed by atoms with Gasteiger partial charge >= 0.3 is 0 Å². The maximum absolute atomic E-state index is 12.0. The Balaban J connectivity index is 1.86. The molecule has 2 heterocycles. The summed E-state index contributed by atoms with van der Waals surface area (Å²) in [7, 11) is 1.77. The molecule has 0 saturated carbocycles. The van der Waals surface area contributed by atoms with Crippen LogP contribution < -0.4 is 10.9 Å². The lowest BCUT2D eigenvalue weighted by atomic mass is 10.1. The SMILES string of the molecule is Cn1cc(NC(=O)Cc2n[nH]c(=O)c3ccccc23)cn1. The number of benzene rings is 1. The van der Waals surface area contributed by atoms with Crippen LogP contribution in [0.2, 0.25) is 0 Å². The average molecular weight is 283 g/mol. The third kappa shape index (κ3) is 2.66. The number of fused-ring (bicyclic) bond motifs is 1. The average Bonchev–Trinajstić information content (AvgIpc) is 2.87. The van der Waals surface area contributed by atoms with E-state index in [1.807, 2.05) is 6.07 Å². The molecule has 21 heavy (non-hydrogen) atoms. The topological polar surface area (TPSA) is 92.7 Å². The van der Waals surface area contributed by atoms with Gasteiger partial charge in [-0.2, -0.15) is 10.2 Å². The lowest BCUT2D eigenvalue weighted by Gasteiger charge is -2.05. The van der Waals surface area contributed by atoms with Crippen LogP contribution in [0.3, 0.4) is 0 Å². The number of carbonyl (C=O) groups is 1. The monoisotopic (exact) mass is 283 g/mol. The highest BCUT2D eigenvalue weighted by molar-refractivity contribution is 5.95. The third-order valence-corrected chi connectivity index (χ3v) is 3.09. The summed E-state index contributed by atoms with van der Waals surface area (Å²) in [5.74, 6) is -0.215. The Kier molecular flexibility index (Phi) is 3.23. The number of hydrogen-bond donors (Lipinski definition) is 2. The quantitative estimate of drug-likeness (QED) is 0.745. The van der Waals surface area contributed by atoms with Crippen molar-refractivity contribution in [2.24, 2.45) is 7.05 Å². The molecular weight excluding hydrogens is 270 g/mol. The number of aromatic nitrogens is 4. The molecule has 0 atom stereocenters. The van der Waals surface area contributed by atoms with Gasteiger partial charge in [0.1, 0.15) is 0 Å². The fourth-order valence-electron chi connectivity index (χ4n) is 2.15. The van der Waals surface area contributed by atoms with Crippen LogP contribution in [-0.4, -0.2) is 25.9 Å². The second-order valence-electron chi connectivity index (χ2n) is 4.67. The number of aryl methyl sites for hydroxylation is 1. The van der Waals surface area contributed by atoms with Crippen LogP contribution in [0.1, 0.15) is 5.69 Å². The van der Waals surface area contributed by atoms with Crippen LogP contribution >= 0.6 is 0 Å². The van der Waals surface area contributed by atoms with E-state index in [9.17, 15) is 9.59 Å². The van der Waals surface area contributed by atoms with Crippen molar-refractivity contribution < 1.29 is 4.79 Å². The van der Waals surface area contributed by atoms with Crippen molar-refractivity contribution in [1.29, 1.82) is 0 Å². The van der Waals surface area contributed by atoms with Gasteiger partial charge < -0.3 is 5.32 Å². The zero-order chi connectivity index (χ0) is 14.8. The fraction of sp³-hybridized carbons (Fsp3) is 0.143. The molecule has 0 bridgehead atoms. The van der Waals surface area contributed by atoms with Crippen molar-refractivity contribution in [1.82, 2.24) is 20.0 Å². The predicted octanol–water partition coefficient (Wildman–Crippen LogP) is 0.838. The summed E-state index contributed by atoms with van der Waals surface area (Å²) in [4.78, 5) is 23.7. The standard InChI is InChI=1S/C14H13N5O2/c1-19-8-9(7-15-19)16-13(20)6-12-10-4-2-3-5-11(10)14(21)18-17-12/h2-5,7-8H,6H2,1H3,(H,16,20)(H,18,21). The molecule has 0 aliphatic rings. The Bertz CT molecular complexity index is 865. The lowest BCUT2D eigenvalue weighted by molar-refractivity contribution is -0.115. The van der Waals surface area contributed by atoms with E-state index in [1.54, 1.807) is 42.3 Å². The molecule has 7 nitrogen and oxygen atoms in total. The first-order chi connectivity index (χ1) is 10.1. The van der Waals surface area contributed by atoms with E-state index in [0.717, 1.165) is 0 Å². The van der Waals surface area contributed by atoms with Gasteiger partial charge in [0, 0.05) is 18.6 Å². The minimum absolute atomic E-state index is 0.0756. The van der Waals surface area contributed by atoms with Crippen LogP contribution in [0, 0.1) is 0 Å². The fourth-order valence-corrected chi connectivity index (χ4v) is 2.15. The van der Waals surface area contributed by atoms with Gasteiger partial charge in [-0.05, 0) is 6.07 Å². The number of amides is 1. The molecule has 0 aliphatic heterocycles. The predicted molar refractivity (Wildman–Crippen MR) is 77.9 cm³/mol. The minimum atomic E-state index is -0.262. The molecule has 0 unspecified atom stereocenters. The molecule has 1 amide bonds. The Morgan fingerprint density at radius 2 is 2.10 bits per heavy atom. The number of nitrogens with one attached hydrogen (secondary N) is 2.